The molecule has 0 atom stereocenters. The van der Waals surface area contributed by atoms with Crippen molar-refractivity contribution in [2.75, 3.05) is 18.6 Å². The Morgan fingerprint density at radius 2 is 1.59 bits per heavy atom. The Morgan fingerprint density at radius 1 is 1.06 bits per heavy atom. The molecule has 0 bridgehead atoms. The normalized spacial score (nSPS) is 25.5. The molecule has 0 radical (unpaired) electrons. The Labute approximate surface area is 103 Å². The van der Waals surface area contributed by atoms with E-state index < -0.39 is 24.7 Å². The minimum absolute atomic E-state index is 0.0838. The first-order valence-electron chi connectivity index (χ1n) is 5.64. The van der Waals surface area contributed by atoms with Crippen LogP contribution in [0, 0.1) is 5.41 Å². The van der Waals surface area contributed by atoms with Gasteiger partial charge in [-0.2, -0.15) is 8.42 Å². The molecule has 0 amide bonds. The summed E-state index contributed by atoms with van der Waals surface area (Å²) in [5, 5.41) is 0. The molecule has 0 unspecified atom stereocenters. The number of hydrogen-bond acceptors (Lipinski definition) is 5. The highest BCUT2D eigenvalue weighted by atomic mass is 32.2. The molecule has 0 aromatic carbocycles. The lowest BCUT2D eigenvalue weighted by Crippen LogP contribution is -2.34. The molecule has 17 heavy (non-hydrogen) atoms. The van der Waals surface area contributed by atoms with Crippen LogP contribution in [0.4, 0.5) is 0 Å². The Hall–Kier alpha value is -0.140. The predicted molar refractivity (Wildman–Crippen MR) is 63.9 cm³/mol. The lowest BCUT2D eigenvalue weighted by molar-refractivity contribution is 0.310. The zero-order valence-electron chi connectivity index (χ0n) is 10.1. The van der Waals surface area contributed by atoms with Crippen LogP contribution in [0.1, 0.15) is 32.6 Å². The summed E-state index contributed by atoms with van der Waals surface area (Å²) in [4.78, 5) is 0. The zero-order chi connectivity index (χ0) is 12.9. The van der Waals surface area contributed by atoms with Crippen LogP contribution in [0.15, 0.2) is 0 Å². The van der Waals surface area contributed by atoms with Gasteiger partial charge in [0.15, 0.2) is 9.84 Å². The van der Waals surface area contributed by atoms with Crippen LogP contribution < -0.4 is 0 Å². The molecule has 0 heterocycles. The average Bonchev–Trinajstić information content (AvgIpc) is 2.98. The van der Waals surface area contributed by atoms with E-state index in [1.54, 1.807) is 0 Å². The van der Waals surface area contributed by atoms with Gasteiger partial charge in [0.2, 0.25) is 0 Å². The van der Waals surface area contributed by atoms with Crippen molar-refractivity contribution in [3.8, 4) is 0 Å². The lowest BCUT2D eigenvalue weighted by atomic mass is 10.2. The molecular weight excluding hydrogens is 264 g/mol. The van der Waals surface area contributed by atoms with E-state index in [2.05, 4.69) is 4.18 Å². The van der Waals surface area contributed by atoms with Crippen LogP contribution in [0.25, 0.3) is 0 Å². The highest BCUT2D eigenvalue weighted by Crippen LogP contribution is 2.52. The predicted octanol–water partition coefficient (Wildman–Crippen LogP) is 0.710. The SMILES string of the molecule is CC1(CS(=O)(=O)C2(COS(C)(=O)=O)CC2)CC1. The third-order valence-corrected chi connectivity index (χ3v) is 7.11. The number of hydrogen-bond donors (Lipinski definition) is 0. The lowest BCUT2D eigenvalue weighted by Gasteiger charge is -2.18. The molecule has 0 aromatic heterocycles. The summed E-state index contributed by atoms with van der Waals surface area (Å²) >= 11 is 0. The van der Waals surface area contributed by atoms with Crippen LogP contribution >= 0.6 is 0 Å². The monoisotopic (exact) mass is 282 g/mol. The smallest absolute Gasteiger partial charge is 0.264 e. The van der Waals surface area contributed by atoms with E-state index in [0.29, 0.717) is 12.8 Å². The van der Waals surface area contributed by atoms with E-state index in [4.69, 9.17) is 0 Å². The summed E-state index contributed by atoms with van der Waals surface area (Å²) in [6.45, 7) is 1.74. The molecule has 0 aliphatic heterocycles. The van der Waals surface area contributed by atoms with E-state index in [0.717, 1.165) is 19.1 Å². The summed E-state index contributed by atoms with van der Waals surface area (Å²) in [6.07, 6.45) is 3.85. The third kappa shape index (κ3) is 3.00. The average molecular weight is 282 g/mol. The summed E-state index contributed by atoms with van der Waals surface area (Å²) in [6, 6.07) is 0. The minimum atomic E-state index is -3.57. The Bertz CT molecular complexity index is 509. The molecule has 5 nitrogen and oxygen atoms in total. The van der Waals surface area contributed by atoms with Crippen LogP contribution in [0.5, 0.6) is 0 Å². The molecule has 2 fully saturated rings. The zero-order valence-corrected chi connectivity index (χ0v) is 11.7. The second kappa shape index (κ2) is 3.68. The second-order valence-corrected chi connectivity index (χ2v) is 9.75. The molecule has 7 heteroatoms. The van der Waals surface area contributed by atoms with Crippen LogP contribution in [-0.4, -0.2) is 40.2 Å². The van der Waals surface area contributed by atoms with Crippen molar-refractivity contribution in [2.24, 2.45) is 5.41 Å². The number of sulfone groups is 1. The van der Waals surface area contributed by atoms with Crippen molar-refractivity contribution in [1.29, 1.82) is 0 Å². The van der Waals surface area contributed by atoms with Gasteiger partial charge < -0.3 is 0 Å². The maximum absolute atomic E-state index is 12.2. The summed E-state index contributed by atoms with van der Waals surface area (Å²) in [5.41, 5.74) is -0.0838. The molecule has 2 aliphatic rings. The Kier molecular flexibility index (Phi) is 2.88. The van der Waals surface area contributed by atoms with Gasteiger partial charge in [-0.3, -0.25) is 4.18 Å². The van der Waals surface area contributed by atoms with Crippen LogP contribution in [0.3, 0.4) is 0 Å². The van der Waals surface area contributed by atoms with Crippen LogP contribution in [-0.2, 0) is 24.1 Å². The number of rotatable bonds is 6. The van der Waals surface area contributed by atoms with Gasteiger partial charge in [-0.25, -0.2) is 8.42 Å². The molecule has 0 saturated heterocycles. The first-order chi connectivity index (χ1) is 7.58. The summed E-state index contributed by atoms with van der Waals surface area (Å²) in [5.74, 6) is 0.160. The fourth-order valence-corrected chi connectivity index (χ4v) is 4.86. The van der Waals surface area contributed by atoms with E-state index >= 15 is 0 Å². The van der Waals surface area contributed by atoms with Gasteiger partial charge >= 0.3 is 0 Å². The van der Waals surface area contributed by atoms with Gasteiger partial charge in [0.1, 0.15) is 0 Å². The highest BCUT2D eigenvalue weighted by Gasteiger charge is 2.58. The van der Waals surface area contributed by atoms with Crippen molar-refractivity contribution in [3.05, 3.63) is 0 Å². The molecule has 0 N–H and O–H groups in total. The van der Waals surface area contributed by atoms with Gasteiger partial charge in [-0.15, -0.1) is 0 Å². The van der Waals surface area contributed by atoms with Gasteiger partial charge in [-0.1, -0.05) is 6.92 Å². The summed E-state index contributed by atoms with van der Waals surface area (Å²) < 4.78 is 50.0. The van der Waals surface area contributed by atoms with E-state index in [1.807, 2.05) is 6.92 Å². The molecule has 2 aliphatic carbocycles. The van der Waals surface area contributed by atoms with Gasteiger partial charge in [0.25, 0.3) is 10.1 Å². The molecular formula is C10H18O5S2. The van der Waals surface area contributed by atoms with E-state index in [9.17, 15) is 16.8 Å². The van der Waals surface area contributed by atoms with Crippen molar-refractivity contribution >= 4 is 20.0 Å². The standard InChI is InChI=1S/C10H18O5S2/c1-9(3-4-9)8-17(13,14)10(5-6-10)7-15-16(2,11)12/h3-8H2,1-2H3. The van der Waals surface area contributed by atoms with Crippen LogP contribution in [0.2, 0.25) is 0 Å². The van der Waals surface area contributed by atoms with Crippen molar-refractivity contribution in [3.63, 3.8) is 0 Å². The molecule has 2 rings (SSSR count). The maximum Gasteiger partial charge on any atom is 0.264 e. The largest absolute Gasteiger partial charge is 0.269 e. The van der Waals surface area contributed by atoms with Gasteiger partial charge in [0.05, 0.1) is 23.4 Å². The first-order valence-corrected chi connectivity index (χ1v) is 9.11. The quantitative estimate of drug-likeness (QED) is 0.670. The van der Waals surface area contributed by atoms with E-state index in [1.165, 1.54) is 0 Å². The molecule has 2 saturated carbocycles. The van der Waals surface area contributed by atoms with Crippen molar-refractivity contribution < 1.29 is 21.0 Å². The topological polar surface area (TPSA) is 77.5 Å². The van der Waals surface area contributed by atoms with Crippen molar-refractivity contribution in [1.82, 2.24) is 0 Å². The fourth-order valence-electron chi connectivity index (χ4n) is 1.87. The maximum atomic E-state index is 12.2. The molecule has 0 aromatic rings. The molecule has 100 valence electrons. The third-order valence-electron chi connectivity index (χ3n) is 3.65. The van der Waals surface area contributed by atoms with E-state index in [-0.39, 0.29) is 17.8 Å². The Balaban J connectivity index is 2.05. The summed E-state index contributed by atoms with van der Waals surface area (Å²) in [7, 11) is -6.83. The second-order valence-electron chi connectivity index (χ2n) is 5.72. The fraction of sp³-hybridized carbons (Fsp3) is 1.00. The minimum Gasteiger partial charge on any atom is -0.269 e. The van der Waals surface area contributed by atoms with Crippen molar-refractivity contribution in [2.45, 2.75) is 37.4 Å². The first kappa shape index (κ1) is 13.3. The van der Waals surface area contributed by atoms with Gasteiger partial charge in [0, 0.05) is 0 Å². The Morgan fingerprint density at radius 3 is 1.94 bits per heavy atom. The van der Waals surface area contributed by atoms with Gasteiger partial charge in [-0.05, 0) is 31.1 Å². The highest BCUT2D eigenvalue weighted by molar-refractivity contribution is 7.93. The molecule has 0 spiro atoms.